The van der Waals surface area contributed by atoms with Gasteiger partial charge in [0.05, 0.1) is 0 Å². The zero-order valence-corrected chi connectivity index (χ0v) is 9.77. The zero-order chi connectivity index (χ0) is 12.0. The molecule has 3 nitrogen and oxygen atoms in total. The molecule has 3 heteroatoms. The van der Waals surface area contributed by atoms with Crippen LogP contribution >= 0.6 is 0 Å². The third-order valence-electron chi connectivity index (χ3n) is 2.96. The first-order valence-electron chi connectivity index (χ1n) is 5.54. The Labute approximate surface area is 98.7 Å². The molecule has 0 fully saturated rings. The van der Waals surface area contributed by atoms with Gasteiger partial charge in [-0.15, -0.1) is 0 Å². The molecular weight excluding hydrogens is 212 g/mol. The molecular formula is C14H12N2O. The Hall–Kier alpha value is -2.16. The molecule has 17 heavy (non-hydrogen) atoms. The lowest BCUT2D eigenvalue weighted by Crippen LogP contribution is -1.90. The number of nitrogens with zero attached hydrogens (tertiary/aromatic N) is 2. The lowest BCUT2D eigenvalue weighted by atomic mass is 10.1. The molecule has 0 saturated carbocycles. The third kappa shape index (κ3) is 1.51. The number of pyridine rings is 1. The number of aromatic nitrogens is 2. The number of ketones is 1. The summed E-state index contributed by atoms with van der Waals surface area (Å²) in [6.45, 7) is 3.60. The summed E-state index contributed by atoms with van der Waals surface area (Å²) < 4.78 is 1.90. The van der Waals surface area contributed by atoms with Gasteiger partial charge in [-0.25, -0.2) is 4.98 Å². The second kappa shape index (κ2) is 3.42. The summed E-state index contributed by atoms with van der Waals surface area (Å²) in [5.41, 5.74) is 2.57. The molecule has 0 N–H and O–H groups in total. The van der Waals surface area contributed by atoms with Crippen LogP contribution in [0.3, 0.4) is 0 Å². The summed E-state index contributed by atoms with van der Waals surface area (Å²) in [7, 11) is 0. The van der Waals surface area contributed by atoms with Gasteiger partial charge in [0, 0.05) is 24.7 Å². The first-order valence-corrected chi connectivity index (χ1v) is 5.54. The lowest BCUT2D eigenvalue weighted by molar-refractivity contribution is 0.101. The van der Waals surface area contributed by atoms with Crippen LogP contribution in [0.1, 0.15) is 23.0 Å². The van der Waals surface area contributed by atoms with Gasteiger partial charge in [0.25, 0.3) is 0 Å². The van der Waals surface area contributed by atoms with Gasteiger partial charge in [-0.1, -0.05) is 23.8 Å². The van der Waals surface area contributed by atoms with Crippen molar-refractivity contribution in [1.29, 1.82) is 0 Å². The molecule has 0 aliphatic heterocycles. The summed E-state index contributed by atoms with van der Waals surface area (Å²) in [5, 5.41) is 2.23. The Balaban J connectivity index is 2.42. The Morgan fingerprint density at radius 3 is 2.88 bits per heavy atom. The molecule has 0 atom stereocenters. The van der Waals surface area contributed by atoms with Gasteiger partial charge in [0.15, 0.2) is 5.78 Å². The van der Waals surface area contributed by atoms with Crippen molar-refractivity contribution in [2.75, 3.05) is 0 Å². The molecule has 3 rings (SSSR count). The predicted molar refractivity (Wildman–Crippen MR) is 67.4 cm³/mol. The molecule has 0 amide bonds. The average Bonchev–Trinajstić information content (AvgIpc) is 2.72. The number of fused-ring (bicyclic) bond motifs is 3. The summed E-state index contributed by atoms with van der Waals surface area (Å²) in [6.07, 6.45) is 3.72. The number of Topliss-reactive ketones (excluding diaryl/α,β-unsaturated/α-hetero) is 1. The Morgan fingerprint density at radius 2 is 2.12 bits per heavy atom. The second-order valence-corrected chi connectivity index (χ2v) is 4.32. The highest BCUT2D eigenvalue weighted by Crippen LogP contribution is 2.21. The summed E-state index contributed by atoms with van der Waals surface area (Å²) in [5.74, 6) is -0.00559. The van der Waals surface area contributed by atoms with E-state index in [0.717, 1.165) is 16.4 Å². The topological polar surface area (TPSA) is 34.4 Å². The maximum Gasteiger partial charge on any atom is 0.179 e. The van der Waals surface area contributed by atoms with Crippen LogP contribution in [0, 0.1) is 6.92 Å². The number of benzene rings is 1. The van der Waals surface area contributed by atoms with Gasteiger partial charge in [-0.2, -0.15) is 0 Å². The van der Waals surface area contributed by atoms with E-state index in [1.165, 1.54) is 12.5 Å². The van der Waals surface area contributed by atoms with Crippen molar-refractivity contribution in [1.82, 2.24) is 9.38 Å². The van der Waals surface area contributed by atoms with E-state index >= 15 is 0 Å². The standard InChI is InChI=1S/C14H12N2O/c1-9-3-4-12-11(7-9)5-6-16-8-13(10(2)17)15-14(12)16/h3-8H,1-2H3. The van der Waals surface area contributed by atoms with E-state index in [1.54, 1.807) is 6.20 Å². The Bertz CT molecular complexity index is 740. The number of rotatable bonds is 1. The number of hydrogen-bond acceptors (Lipinski definition) is 2. The van der Waals surface area contributed by atoms with Crippen molar-refractivity contribution in [3.8, 4) is 0 Å². The van der Waals surface area contributed by atoms with Gasteiger partial charge in [0.1, 0.15) is 11.3 Å². The smallest absolute Gasteiger partial charge is 0.179 e. The van der Waals surface area contributed by atoms with Gasteiger partial charge >= 0.3 is 0 Å². The number of aryl methyl sites for hydroxylation is 1. The molecule has 0 bridgehead atoms. The minimum Gasteiger partial charge on any atom is -0.306 e. The van der Waals surface area contributed by atoms with E-state index in [9.17, 15) is 4.79 Å². The van der Waals surface area contributed by atoms with E-state index in [2.05, 4.69) is 30.1 Å². The molecule has 0 radical (unpaired) electrons. The predicted octanol–water partition coefficient (Wildman–Crippen LogP) is 3.00. The fourth-order valence-electron chi connectivity index (χ4n) is 2.06. The van der Waals surface area contributed by atoms with Crippen LogP contribution in [0.4, 0.5) is 0 Å². The molecule has 0 unspecified atom stereocenters. The van der Waals surface area contributed by atoms with Gasteiger partial charge in [-0.05, 0) is 18.4 Å². The number of carbonyl (C=O) groups excluding carboxylic acids is 1. The van der Waals surface area contributed by atoms with E-state index in [0.29, 0.717) is 5.69 Å². The monoisotopic (exact) mass is 224 g/mol. The molecule has 0 saturated heterocycles. The van der Waals surface area contributed by atoms with Crippen molar-refractivity contribution >= 4 is 22.2 Å². The van der Waals surface area contributed by atoms with E-state index in [4.69, 9.17) is 0 Å². The molecule has 3 aromatic rings. The number of hydrogen-bond donors (Lipinski definition) is 0. The quantitative estimate of drug-likeness (QED) is 0.595. The highest BCUT2D eigenvalue weighted by molar-refractivity contribution is 5.98. The molecule has 1 aromatic carbocycles. The van der Waals surface area contributed by atoms with Crippen LogP contribution in [-0.2, 0) is 0 Å². The normalized spacial score (nSPS) is 11.2. The third-order valence-corrected chi connectivity index (χ3v) is 2.96. The number of carbonyl (C=O) groups is 1. The molecule has 84 valence electrons. The van der Waals surface area contributed by atoms with E-state index < -0.39 is 0 Å². The minimum absolute atomic E-state index is 0.00559. The fraction of sp³-hybridized carbons (Fsp3) is 0.143. The lowest BCUT2D eigenvalue weighted by Gasteiger charge is -2.01. The summed E-state index contributed by atoms with van der Waals surface area (Å²) in [6, 6.07) is 8.28. The molecule has 2 aromatic heterocycles. The highest BCUT2D eigenvalue weighted by atomic mass is 16.1. The average molecular weight is 224 g/mol. The van der Waals surface area contributed by atoms with Crippen LogP contribution in [0.15, 0.2) is 36.7 Å². The van der Waals surface area contributed by atoms with Gasteiger partial charge < -0.3 is 4.40 Å². The van der Waals surface area contributed by atoms with Gasteiger partial charge in [-0.3, -0.25) is 4.79 Å². The van der Waals surface area contributed by atoms with Crippen molar-refractivity contribution in [3.63, 3.8) is 0 Å². The zero-order valence-electron chi connectivity index (χ0n) is 9.77. The van der Waals surface area contributed by atoms with Crippen molar-refractivity contribution < 1.29 is 4.79 Å². The van der Waals surface area contributed by atoms with Crippen molar-refractivity contribution in [2.24, 2.45) is 0 Å². The molecule has 2 heterocycles. The van der Waals surface area contributed by atoms with Crippen LogP contribution in [0.25, 0.3) is 16.4 Å². The number of imidazole rings is 1. The van der Waals surface area contributed by atoms with Crippen molar-refractivity contribution in [2.45, 2.75) is 13.8 Å². The SMILES string of the molecule is CC(=O)c1cn2ccc3cc(C)ccc3c2n1. The first kappa shape index (κ1) is 10.0. The minimum atomic E-state index is -0.00559. The largest absolute Gasteiger partial charge is 0.306 e. The van der Waals surface area contributed by atoms with E-state index in [-0.39, 0.29) is 5.78 Å². The first-order chi connectivity index (χ1) is 8.15. The fourth-order valence-corrected chi connectivity index (χ4v) is 2.06. The summed E-state index contributed by atoms with van der Waals surface area (Å²) in [4.78, 5) is 15.7. The van der Waals surface area contributed by atoms with Crippen LogP contribution in [-0.4, -0.2) is 15.2 Å². The van der Waals surface area contributed by atoms with Crippen LogP contribution in [0.2, 0.25) is 0 Å². The Kier molecular flexibility index (Phi) is 2.01. The Morgan fingerprint density at radius 1 is 1.29 bits per heavy atom. The molecule has 0 aliphatic rings. The summed E-state index contributed by atoms with van der Waals surface area (Å²) >= 11 is 0. The highest BCUT2D eigenvalue weighted by Gasteiger charge is 2.08. The van der Waals surface area contributed by atoms with Gasteiger partial charge in [0.2, 0.25) is 0 Å². The maximum atomic E-state index is 11.3. The maximum absolute atomic E-state index is 11.3. The molecule has 0 aliphatic carbocycles. The second-order valence-electron chi connectivity index (χ2n) is 4.32. The van der Waals surface area contributed by atoms with Crippen LogP contribution < -0.4 is 0 Å². The van der Waals surface area contributed by atoms with Crippen LogP contribution in [0.5, 0.6) is 0 Å². The molecule has 0 spiro atoms. The van der Waals surface area contributed by atoms with E-state index in [1.807, 2.05) is 16.7 Å². The van der Waals surface area contributed by atoms with Crippen molar-refractivity contribution in [3.05, 3.63) is 47.9 Å².